The Labute approximate surface area is 181 Å². The summed E-state index contributed by atoms with van der Waals surface area (Å²) in [6.45, 7) is 8.16. The Kier molecular flexibility index (Phi) is 6.87. The van der Waals surface area contributed by atoms with E-state index in [1.807, 2.05) is 26.0 Å². The van der Waals surface area contributed by atoms with E-state index < -0.39 is 0 Å². The zero-order valence-electron chi connectivity index (χ0n) is 16.1. The zero-order valence-corrected chi connectivity index (χ0v) is 18.5. The highest BCUT2D eigenvalue weighted by atomic mass is 79.9. The molecule has 1 N–H and O–H groups in total. The molecule has 0 saturated carbocycles. The Morgan fingerprint density at radius 3 is 2.72 bits per heavy atom. The number of carbonyl (C=O) groups is 1. The molecule has 0 aliphatic heterocycles. The number of nitrogens with one attached hydrogen (secondary N) is 1. The molecule has 0 atom stereocenters. The van der Waals surface area contributed by atoms with Gasteiger partial charge in [-0.1, -0.05) is 30.0 Å². The minimum Gasteiger partial charge on any atom is -0.324 e. The third-order valence-corrected chi connectivity index (χ3v) is 5.96. The molecule has 2 aromatic carbocycles. The van der Waals surface area contributed by atoms with E-state index in [1.54, 1.807) is 28.8 Å². The Morgan fingerprint density at radius 1 is 1.28 bits per heavy atom. The van der Waals surface area contributed by atoms with Gasteiger partial charge in [-0.3, -0.25) is 9.36 Å². The first-order valence-corrected chi connectivity index (χ1v) is 10.7. The van der Waals surface area contributed by atoms with Gasteiger partial charge in [-0.15, -0.1) is 16.8 Å². The van der Waals surface area contributed by atoms with Gasteiger partial charge < -0.3 is 5.32 Å². The lowest BCUT2D eigenvalue weighted by atomic mass is 10.1. The van der Waals surface area contributed by atoms with Crippen LogP contribution in [0, 0.1) is 19.7 Å². The molecule has 0 aliphatic rings. The van der Waals surface area contributed by atoms with Crippen molar-refractivity contribution in [3.63, 3.8) is 0 Å². The number of rotatable bonds is 7. The van der Waals surface area contributed by atoms with Gasteiger partial charge >= 0.3 is 0 Å². The SMILES string of the molecule is C=CCn1c(SCC(=O)Nc2cc(C)c(C)cc2Br)nnc1-c1ccccc1F. The highest BCUT2D eigenvalue weighted by Gasteiger charge is 2.17. The average Bonchev–Trinajstić information content (AvgIpc) is 3.07. The summed E-state index contributed by atoms with van der Waals surface area (Å²) in [5.41, 5.74) is 3.31. The van der Waals surface area contributed by atoms with Crippen LogP contribution in [0.1, 0.15) is 11.1 Å². The summed E-state index contributed by atoms with van der Waals surface area (Å²) in [4.78, 5) is 12.4. The van der Waals surface area contributed by atoms with E-state index >= 15 is 0 Å². The Bertz CT molecular complexity index is 1070. The fraction of sp³-hybridized carbons (Fsp3) is 0.190. The number of anilines is 1. The second kappa shape index (κ2) is 9.37. The van der Waals surface area contributed by atoms with E-state index in [0.717, 1.165) is 21.3 Å². The Hall–Kier alpha value is -2.45. The van der Waals surface area contributed by atoms with Crippen molar-refractivity contribution >= 4 is 39.3 Å². The predicted octanol–water partition coefficient (Wildman–Crippen LogP) is 5.38. The Morgan fingerprint density at radius 2 is 2.00 bits per heavy atom. The maximum absolute atomic E-state index is 14.2. The molecular formula is C21H20BrFN4OS. The second-order valence-corrected chi connectivity index (χ2v) is 8.24. The number of hydrogen-bond acceptors (Lipinski definition) is 4. The molecule has 0 fully saturated rings. The van der Waals surface area contributed by atoms with Crippen LogP contribution in [-0.2, 0) is 11.3 Å². The van der Waals surface area contributed by atoms with Crippen molar-refractivity contribution in [2.75, 3.05) is 11.1 Å². The van der Waals surface area contributed by atoms with Gasteiger partial charge in [-0.05, 0) is 65.2 Å². The topological polar surface area (TPSA) is 59.8 Å². The van der Waals surface area contributed by atoms with Crippen LogP contribution in [0.3, 0.4) is 0 Å². The lowest BCUT2D eigenvalue weighted by Crippen LogP contribution is -2.15. The number of nitrogens with zero attached hydrogens (tertiary/aromatic N) is 3. The summed E-state index contributed by atoms with van der Waals surface area (Å²) < 4.78 is 16.8. The molecule has 0 bridgehead atoms. The fourth-order valence-corrected chi connectivity index (χ4v) is 4.03. The molecule has 1 aromatic heterocycles. The number of aromatic nitrogens is 3. The van der Waals surface area contributed by atoms with Gasteiger partial charge in [0.1, 0.15) is 5.82 Å². The van der Waals surface area contributed by atoms with Crippen molar-refractivity contribution < 1.29 is 9.18 Å². The van der Waals surface area contributed by atoms with Crippen molar-refractivity contribution in [3.05, 3.63) is 70.5 Å². The molecule has 3 aromatic rings. The van der Waals surface area contributed by atoms with Gasteiger partial charge in [0.2, 0.25) is 5.91 Å². The number of allylic oxidation sites excluding steroid dienone is 1. The maximum Gasteiger partial charge on any atom is 0.234 e. The molecule has 0 saturated heterocycles. The maximum atomic E-state index is 14.2. The third-order valence-electron chi connectivity index (χ3n) is 4.33. The van der Waals surface area contributed by atoms with Gasteiger partial charge in [0.15, 0.2) is 11.0 Å². The average molecular weight is 475 g/mol. The minimum atomic E-state index is -0.376. The molecule has 1 heterocycles. The minimum absolute atomic E-state index is 0.145. The highest BCUT2D eigenvalue weighted by molar-refractivity contribution is 9.10. The van der Waals surface area contributed by atoms with E-state index in [0.29, 0.717) is 23.1 Å². The van der Waals surface area contributed by atoms with Crippen molar-refractivity contribution in [2.24, 2.45) is 0 Å². The van der Waals surface area contributed by atoms with E-state index in [-0.39, 0.29) is 17.5 Å². The number of benzene rings is 2. The lowest BCUT2D eigenvalue weighted by molar-refractivity contribution is -0.113. The number of amides is 1. The van der Waals surface area contributed by atoms with Gasteiger partial charge in [-0.25, -0.2) is 4.39 Å². The standard InChI is InChI=1S/C21H20BrFN4OS/c1-4-9-27-20(15-7-5-6-8-17(15)23)25-26-21(27)29-12-19(28)24-18-11-14(3)13(2)10-16(18)22/h4-8,10-11H,1,9,12H2,2-3H3,(H,24,28). The molecular weight excluding hydrogens is 455 g/mol. The van der Waals surface area contributed by atoms with Crippen LogP contribution in [0.5, 0.6) is 0 Å². The summed E-state index contributed by atoms with van der Waals surface area (Å²) >= 11 is 4.72. The van der Waals surface area contributed by atoms with Crippen LogP contribution in [0.4, 0.5) is 10.1 Å². The molecule has 0 unspecified atom stereocenters. The molecule has 0 spiro atoms. The number of hydrogen-bond donors (Lipinski definition) is 1. The molecule has 8 heteroatoms. The van der Waals surface area contributed by atoms with Crippen molar-refractivity contribution in [1.29, 1.82) is 0 Å². The number of halogens is 2. The third kappa shape index (κ3) is 4.94. The molecule has 0 aliphatic carbocycles. The van der Waals surface area contributed by atoms with Crippen LogP contribution in [0.25, 0.3) is 11.4 Å². The molecule has 29 heavy (non-hydrogen) atoms. The Balaban J connectivity index is 1.75. The van der Waals surface area contributed by atoms with Gasteiger partial charge in [0.05, 0.1) is 17.0 Å². The van der Waals surface area contributed by atoms with E-state index in [4.69, 9.17) is 0 Å². The number of thioether (sulfide) groups is 1. The zero-order chi connectivity index (χ0) is 21.0. The van der Waals surface area contributed by atoms with Crippen molar-refractivity contribution in [2.45, 2.75) is 25.5 Å². The molecule has 3 rings (SSSR count). The van der Waals surface area contributed by atoms with E-state index in [9.17, 15) is 9.18 Å². The van der Waals surface area contributed by atoms with Crippen LogP contribution >= 0.6 is 27.7 Å². The van der Waals surface area contributed by atoms with Crippen molar-refractivity contribution in [1.82, 2.24) is 14.8 Å². The first-order chi connectivity index (χ1) is 13.9. The van der Waals surface area contributed by atoms with Crippen LogP contribution < -0.4 is 5.32 Å². The largest absolute Gasteiger partial charge is 0.324 e. The van der Waals surface area contributed by atoms with Gasteiger partial charge in [-0.2, -0.15) is 0 Å². The number of carbonyl (C=O) groups excluding carboxylic acids is 1. The lowest BCUT2D eigenvalue weighted by Gasteiger charge is -2.11. The highest BCUT2D eigenvalue weighted by Crippen LogP contribution is 2.28. The van der Waals surface area contributed by atoms with Crippen LogP contribution in [0.15, 0.2) is 58.7 Å². The number of aryl methyl sites for hydroxylation is 2. The quantitative estimate of drug-likeness (QED) is 0.368. The van der Waals surface area contributed by atoms with Crippen LogP contribution in [-0.4, -0.2) is 26.4 Å². The van der Waals surface area contributed by atoms with Crippen molar-refractivity contribution in [3.8, 4) is 11.4 Å². The smallest absolute Gasteiger partial charge is 0.234 e. The summed E-state index contributed by atoms with van der Waals surface area (Å²) in [5.74, 6) is 0.00721. The summed E-state index contributed by atoms with van der Waals surface area (Å²) in [6, 6.07) is 10.3. The van der Waals surface area contributed by atoms with Gasteiger partial charge in [0, 0.05) is 11.0 Å². The van der Waals surface area contributed by atoms with E-state index in [2.05, 4.69) is 38.0 Å². The fourth-order valence-electron chi connectivity index (χ4n) is 2.72. The first kappa shape index (κ1) is 21.3. The van der Waals surface area contributed by atoms with Gasteiger partial charge in [0.25, 0.3) is 0 Å². The molecule has 150 valence electrons. The first-order valence-electron chi connectivity index (χ1n) is 8.89. The van der Waals surface area contributed by atoms with E-state index in [1.165, 1.54) is 17.8 Å². The second-order valence-electron chi connectivity index (χ2n) is 6.44. The normalized spacial score (nSPS) is 10.8. The molecule has 0 radical (unpaired) electrons. The summed E-state index contributed by atoms with van der Waals surface area (Å²) in [5, 5.41) is 11.7. The molecule has 5 nitrogen and oxygen atoms in total. The van der Waals surface area contributed by atoms with Crippen LogP contribution in [0.2, 0.25) is 0 Å². The molecule has 1 amide bonds. The summed E-state index contributed by atoms with van der Waals surface area (Å²) in [6.07, 6.45) is 1.68. The summed E-state index contributed by atoms with van der Waals surface area (Å²) in [7, 11) is 0. The monoisotopic (exact) mass is 474 g/mol. The predicted molar refractivity (Wildman–Crippen MR) is 119 cm³/mol.